The molecule has 0 fully saturated rings. The van der Waals surface area contributed by atoms with E-state index in [4.69, 9.17) is 16.6 Å². The summed E-state index contributed by atoms with van der Waals surface area (Å²) >= 11 is 7.87. The first-order chi connectivity index (χ1) is 16.3. The van der Waals surface area contributed by atoms with Gasteiger partial charge in [0, 0.05) is 29.1 Å². The van der Waals surface area contributed by atoms with Crippen LogP contribution in [0.2, 0.25) is 5.02 Å². The SMILES string of the molecule is Cc1c(N=c2scc(-c3cccc(Cl)c3)n2C(C)CCC(C)C)c(=O)n(-c2ccccc2)n1C. The second-order valence-corrected chi connectivity index (χ2v) is 10.4. The van der Waals surface area contributed by atoms with Gasteiger partial charge in [0.25, 0.3) is 5.56 Å². The van der Waals surface area contributed by atoms with Crippen LogP contribution in [0.4, 0.5) is 5.69 Å². The predicted molar refractivity (Wildman–Crippen MR) is 143 cm³/mol. The highest BCUT2D eigenvalue weighted by molar-refractivity contribution is 7.07. The fourth-order valence-corrected chi connectivity index (χ4v) is 5.36. The van der Waals surface area contributed by atoms with E-state index in [-0.39, 0.29) is 11.6 Å². The third-order valence-electron chi connectivity index (χ3n) is 6.20. The molecule has 0 radical (unpaired) electrons. The first kappa shape index (κ1) is 24.3. The van der Waals surface area contributed by atoms with Gasteiger partial charge in [0.15, 0.2) is 10.5 Å². The number of hydrogen-bond donors (Lipinski definition) is 0. The van der Waals surface area contributed by atoms with Crippen molar-refractivity contribution in [2.75, 3.05) is 0 Å². The van der Waals surface area contributed by atoms with E-state index in [0.29, 0.717) is 16.6 Å². The van der Waals surface area contributed by atoms with Crippen LogP contribution in [0.15, 0.2) is 69.8 Å². The molecule has 4 aromatic rings. The fraction of sp³-hybridized carbons (Fsp3) is 0.333. The van der Waals surface area contributed by atoms with Gasteiger partial charge in [0.05, 0.1) is 17.1 Å². The standard InChI is InChI=1S/C27H31ClN4OS/c1-18(2)14-15-19(3)31-24(21-10-9-11-22(28)16-21)17-34-27(31)29-25-20(4)30(5)32(26(25)33)23-12-7-6-8-13-23/h6-13,16-19H,14-15H2,1-5H3. The van der Waals surface area contributed by atoms with Gasteiger partial charge in [-0.15, -0.1) is 11.3 Å². The second-order valence-electron chi connectivity index (χ2n) is 9.13. The molecule has 34 heavy (non-hydrogen) atoms. The van der Waals surface area contributed by atoms with Gasteiger partial charge < -0.3 is 4.57 Å². The molecule has 1 atom stereocenters. The first-order valence-electron chi connectivity index (χ1n) is 11.6. The Morgan fingerprint density at radius 1 is 1.03 bits per heavy atom. The van der Waals surface area contributed by atoms with Crippen LogP contribution in [-0.2, 0) is 7.05 Å². The van der Waals surface area contributed by atoms with Gasteiger partial charge >= 0.3 is 0 Å². The molecule has 0 aliphatic rings. The van der Waals surface area contributed by atoms with Crippen molar-refractivity contribution in [1.82, 2.24) is 13.9 Å². The van der Waals surface area contributed by atoms with Crippen molar-refractivity contribution in [2.24, 2.45) is 18.0 Å². The van der Waals surface area contributed by atoms with E-state index in [2.05, 4.69) is 36.8 Å². The summed E-state index contributed by atoms with van der Waals surface area (Å²) < 4.78 is 5.80. The van der Waals surface area contributed by atoms with Crippen LogP contribution in [0.5, 0.6) is 0 Å². The quantitative estimate of drug-likeness (QED) is 0.275. The molecule has 5 nitrogen and oxygen atoms in total. The third-order valence-corrected chi connectivity index (χ3v) is 7.27. The number of aromatic nitrogens is 3. The Bertz CT molecular complexity index is 1410. The van der Waals surface area contributed by atoms with E-state index in [1.54, 1.807) is 16.0 Å². The molecule has 0 saturated carbocycles. The number of benzene rings is 2. The molecule has 0 saturated heterocycles. The van der Waals surface area contributed by atoms with Gasteiger partial charge in [-0.25, -0.2) is 9.67 Å². The van der Waals surface area contributed by atoms with Gasteiger partial charge in [-0.3, -0.25) is 9.48 Å². The van der Waals surface area contributed by atoms with Gasteiger partial charge in [-0.2, -0.15) is 0 Å². The van der Waals surface area contributed by atoms with Crippen LogP contribution in [-0.4, -0.2) is 13.9 Å². The zero-order valence-electron chi connectivity index (χ0n) is 20.3. The fourth-order valence-electron chi connectivity index (χ4n) is 4.17. The lowest BCUT2D eigenvalue weighted by atomic mass is 10.0. The lowest BCUT2D eigenvalue weighted by Gasteiger charge is -2.18. The maximum atomic E-state index is 13.5. The zero-order valence-corrected chi connectivity index (χ0v) is 21.9. The molecule has 4 rings (SSSR count). The van der Waals surface area contributed by atoms with Crippen molar-refractivity contribution >= 4 is 28.6 Å². The van der Waals surface area contributed by atoms with Gasteiger partial charge in [0.1, 0.15) is 0 Å². The Morgan fingerprint density at radius 3 is 2.44 bits per heavy atom. The molecule has 0 spiro atoms. The van der Waals surface area contributed by atoms with E-state index in [1.165, 1.54) is 0 Å². The second kappa shape index (κ2) is 10.2. The molecule has 2 heterocycles. The minimum atomic E-state index is -0.120. The maximum absolute atomic E-state index is 13.5. The highest BCUT2D eigenvalue weighted by Crippen LogP contribution is 2.28. The van der Waals surface area contributed by atoms with Crippen molar-refractivity contribution in [3.63, 3.8) is 0 Å². The number of nitrogens with zero attached hydrogens (tertiary/aromatic N) is 4. The summed E-state index contributed by atoms with van der Waals surface area (Å²) in [6.45, 7) is 8.65. The van der Waals surface area contributed by atoms with Crippen molar-refractivity contribution < 1.29 is 0 Å². The predicted octanol–water partition coefficient (Wildman–Crippen LogP) is 6.90. The van der Waals surface area contributed by atoms with Gasteiger partial charge in [0.2, 0.25) is 0 Å². The summed E-state index contributed by atoms with van der Waals surface area (Å²) in [7, 11) is 1.90. The normalized spacial score (nSPS) is 13.1. The monoisotopic (exact) mass is 494 g/mol. The van der Waals surface area contributed by atoms with Gasteiger partial charge in [-0.1, -0.05) is 55.8 Å². The molecule has 0 amide bonds. The van der Waals surface area contributed by atoms with Crippen LogP contribution in [0.25, 0.3) is 16.9 Å². The molecule has 178 valence electrons. The van der Waals surface area contributed by atoms with Crippen molar-refractivity contribution in [3.8, 4) is 16.9 Å². The number of hydrogen-bond acceptors (Lipinski definition) is 3. The number of thiazole rings is 1. The topological polar surface area (TPSA) is 44.2 Å². The molecular weight excluding hydrogens is 464 g/mol. The van der Waals surface area contributed by atoms with Crippen LogP contribution in [0, 0.1) is 12.8 Å². The lowest BCUT2D eigenvalue weighted by molar-refractivity contribution is 0.436. The molecule has 2 aromatic heterocycles. The molecular formula is C27H31ClN4OS. The highest BCUT2D eigenvalue weighted by Gasteiger charge is 2.19. The van der Waals surface area contributed by atoms with Crippen LogP contribution in [0.3, 0.4) is 0 Å². The average Bonchev–Trinajstić information content (AvgIpc) is 3.33. The Hall–Kier alpha value is -2.83. The molecule has 0 aliphatic heterocycles. The lowest BCUT2D eigenvalue weighted by Crippen LogP contribution is -2.22. The van der Waals surface area contributed by atoms with Crippen LogP contribution in [0.1, 0.15) is 45.3 Å². The molecule has 1 unspecified atom stereocenters. The van der Waals surface area contributed by atoms with E-state index in [1.807, 2.05) is 67.2 Å². The number of para-hydroxylation sites is 1. The Kier molecular flexibility index (Phi) is 7.29. The first-order valence-corrected chi connectivity index (χ1v) is 12.9. The largest absolute Gasteiger partial charge is 0.314 e. The summed E-state index contributed by atoms with van der Waals surface area (Å²) in [5.41, 5.74) is 4.12. The average molecular weight is 495 g/mol. The summed E-state index contributed by atoms with van der Waals surface area (Å²) in [5, 5.41) is 2.82. The van der Waals surface area contributed by atoms with Gasteiger partial charge in [-0.05, 0) is 56.9 Å². The zero-order chi connectivity index (χ0) is 24.4. The minimum Gasteiger partial charge on any atom is -0.314 e. The molecule has 2 aromatic carbocycles. The van der Waals surface area contributed by atoms with Crippen LogP contribution < -0.4 is 10.4 Å². The molecule has 0 bridgehead atoms. The third kappa shape index (κ3) is 4.84. The highest BCUT2D eigenvalue weighted by atomic mass is 35.5. The summed E-state index contributed by atoms with van der Waals surface area (Å²) in [4.78, 5) is 19.2. The van der Waals surface area contributed by atoms with Crippen molar-refractivity contribution in [2.45, 2.75) is 46.6 Å². The Labute approximate surface area is 209 Å². The molecule has 7 heteroatoms. The maximum Gasteiger partial charge on any atom is 0.297 e. The van der Waals surface area contributed by atoms with E-state index in [9.17, 15) is 4.79 Å². The summed E-state index contributed by atoms with van der Waals surface area (Å²) in [5.74, 6) is 0.617. The number of rotatable bonds is 7. The summed E-state index contributed by atoms with van der Waals surface area (Å²) in [6.07, 6.45) is 2.14. The Balaban J connectivity index is 1.90. The van der Waals surface area contributed by atoms with E-state index >= 15 is 0 Å². The number of halogens is 1. The molecule has 0 N–H and O–H groups in total. The van der Waals surface area contributed by atoms with E-state index < -0.39 is 0 Å². The van der Waals surface area contributed by atoms with Crippen LogP contribution >= 0.6 is 22.9 Å². The smallest absolute Gasteiger partial charge is 0.297 e. The minimum absolute atomic E-state index is 0.120. The van der Waals surface area contributed by atoms with Crippen molar-refractivity contribution in [1.29, 1.82) is 0 Å². The summed E-state index contributed by atoms with van der Waals surface area (Å²) in [6, 6.07) is 17.8. The Morgan fingerprint density at radius 2 is 1.76 bits per heavy atom. The van der Waals surface area contributed by atoms with E-state index in [0.717, 1.165) is 40.3 Å². The molecule has 0 aliphatic carbocycles. The van der Waals surface area contributed by atoms with Crippen molar-refractivity contribution in [3.05, 3.63) is 85.8 Å².